The summed E-state index contributed by atoms with van der Waals surface area (Å²) in [7, 11) is 0. The van der Waals surface area contributed by atoms with Crippen molar-refractivity contribution < 1.29 is 18.3 Å². The van der Waals surface area contributed by atoms with Gasteiger partial charge in [0.15, 0.2) is 0 Å². The van der Waals surface area contributed by atoms with Crippen LogP contribution in [0.1, 0.15) is 20.3 Å². The molecule has 1 heterocycles. The maximum Gasteiger partial charge on any atom is 0.387 e. The number of para-hydroxylation sites is 2. The normalized spacial score (nSPS) is 17.6. The predicted octanol–water partition coefficient (Wildman–Crippen LogP) is 2.32. The first-order chi connectivity index (χ1) is 11.5. The molecule has 1 aromatic rings. The molecular formula is C17H25F2N3O2. The van der Waals surface area contributed by atoms with E-state index in [0.29, 0.717) is 25.3 Å². The number of benzene rings is 1. The molecule has 1 aromatic carbocycles. The molecule has 1 saturated heterocycles. The van der Waals surface area contributed by atoms with Crippen LogP contribution < -0.4 is 15.0 Å². The molecule has 5 nitrogen and oxygen atoms in total. The number of carbonyl (C=O) groups is 1. The van der Waals surface area contributed by atoms with Crippen molar-refractivity contribution in [3.8, 4) is 5.75 Å². The largest absolute Gasteiger partial charge is 0.433 e. The highest BCUT2D eigenvalue weighted by atomic mass is 19.3. The van der Waals surface area contributed by atoms with E-state index in [2.05, 4.69) is 10.1 Å². The first-order valence-corrected chi connectivity index (χ1v) is 8.34. The topological polar surface area (TPSA) is 44.8 Å². The summed E-state index contributed by atoms with van der Waals surface area (Å²) in [5.41, 5.74) is 0.637. The van der Waals surface area contributed by atoms with E-state index in [1.807, 2.05) is 23.6 Å². The summed E-state index contributed by atoms with van der Waals surface area (Å²) in [5.74, 6) is 0.172. The second-order valence-electron chi connectivity index (χ2n) is 5.81. The lowest BCUT2D eigenvalue weighted by Crippen LogP contribution is -2.43. The Balaban J connectivity index is 1.92. The fourth-order valence-corrected chi connectivity index (χ4v) is 2.93. The second kappa shape index (κ2) is 8.82. The maximum absolute atomic E-state index is 12.5. The number of hydrogen-bond donors (Lipinski definition) is 1. The van der Waals surface area contributed by atoms with E-state index in [0.717, 1.165) is 19.5 Å². The van der Waals surface area contributed by atoms with Gasteiger partial charge in [-0.05, 0) is 31.6 Å². The second-order valence-corrected chi connectivity index (χ2v) is 5.81. The maximum atomic E-state index is 12.5. The fraction of sp³-hybridized carbons (Fsp3) is 0.588. The first kappa shape index (κ1) is 18.4. The van der Waals surface area contributed by atoms with Gasteiger partial charge in [-0.3, -0.25) is 9.69 Å². The van der Waals surface area contributed by atoms with Gasteiger partial charge in [0.1, 0.15) is 5.75 Å². The van der Waals surface area contributed by atoms with Crippen LogP contribution >= 0.6 is 0 Å². The van der Waals surface area contributed by atoms with Gasteiger partial charge >= 0.3 is 6.61 Å². The van der Waals surface area contributed by atoms with Crippen LogP contribution in [0.5, 0.6) is 5.75 Å². The molecule has 0 spiro atoms. The minimum atomic E-state index is -2.85. The molecule has 0 aliphatic carbocycles. The number of nitrogens with one attached hydrogen (secondary N) is 1. The molecule has 1 N–H and O–H groups in total. The van der Waals surface area contributed by atoms with Crippen LogP contribution in [0.2, 0.25) is 0 Å². The van der Waals surface area contributed by atoms with Gasteiger partial charge in [0.25, 0.3) is 0 Å². The van der Waals surface area contributed by atoms with Crippen LogP contribution in [0, 0.1) is 0 Å². The van der Waals surface area contributed by atoms with Crippen molar-refractivity contribution in [2.75, 3.05) is 37.6 Å². The van der Waals surface area contributed by atoms with Crippen LogP contribution in [0.15, 0.2) is 24.3 Å². The number of hydrogen-bond acceptors (Lipinski definition) is 4. The third-order valence-electron chi connectivity index (χ3n) is 4.24. The van der Waals surface area contributed by atoms with E-state index < -0.39 is 6.61 Å². The Bertz CT molecular complexity index is 538. The van der Waals surface area contributed by atoms with Gasteiger partial charge in [-0.15, -0.1) is 0 Å². The first-order valence-electron chi connectivity index (χ1n) is 8.34. The number of alkyl halides is 2. The van der Waals surface area contributed by atoms with Crippen LogP contribution in [-0.4, -0.2) is 56.2 Å². The molecule has 24 heavy (non-hydrogen) atoms. The highest BCUT2D eigenvalue weighted by Crippen LogP contribution is 2.31. The molecule has 1 fully saturated rings. The Morgan fingerprint density at radius 2 is 2.08 bits per heavy atom. The highest BCUT2D eigenvalue weighted by molar-refractivity contribution is 5.78. The molecule has 1 atom stereocenters. The Hall–Kier alpha value is -1.89. The molecule has 1 aliphatic rings. The van der Waals surface area contributed by atoms with E-state index in [4.69, 9.17) is 0 Å². The lowest BCUT2D eigenvalue weighted by Gasteiger charge is -2.22. The summed E-state index contributed by atoms with van der Waals surface area (Å²) in [4.78, 5) is 16.1. The lowest BCUT2D eigenvalue weighted by atomic mass is 10.2. The Kier molecular flexibility index (Phi) is 6.78. The Morgan fingerprint density at radius 3 is 2.75 bits per heavy atom. The zero-order valence-electron chi connectivity index (χ0n) is 14.2. The van der Waals surface area contributed by atoms with Crippen molar-refractivity contribution >= 4 is 11.6 Å². The van der Waals surface area contributed by atoms with Crippen molar-refractivity contribution in [1.82, 2.24) is 10.2 Å². The van der Waals surface area contributed by atoms with Gasteiger partial charge in [-0.1, -0.05) is 26.0 Å². The standard InChI is InChI=1S/C17H25F2N3O2/c1-3-21(4-2)12-16(23)20-13-9-10-22(11-13)14-7-5-6-8-15(14)24-17(18)19/h5-8,13,17H,3-4,9-12H2,1-2H3,(H,20,23). The van der Waals surface area contributed by atoms with Gasteiger partial charge in [-0.25, -0.2) is 0 Å². The molecule has 134 valence electrons. The number of ether oxygens (including phenoxy) is 1. The third-order valence-corrected chi connectivity index (χ3v) is 4.24. The molecular weight excluding hydrogens is 316 g/mol. The van der Waals surface area contributed by atoms with Gasteiger partial charge in [0.05, 0.1) is 12.2 Å². The van der Waals surface area contributed by atoms with Crippen molar-refractivity contribution in [3.05, 3.63) is 24.3 Å². The number of anilines is 1. The van der Waals surface area contributed by atoms with E-state index in [9.17, 15) is 13.6 Å². The van der Waals surface area contributed by atoms with Crippen LogP contribution in [0.25, 0.3) is 0 Å². The SMILES string of the molecule is CCN(CC)CC(=O)NC1CCN(c2ccccc2OC(F)F)C1. The molecule has 0 aromatic heterocycles. The van der Waals surface area contributed by atoms with Crippen molar-refractivity contribution in [2.45, 2.75) is 32.9 Å². The molecule has 0 radical (unpaired) electrons. The van der Waals surface area contributed by atoms with E-state index >= 15 is 0 Å². The summed E-state index contributed by atoms with van der Waals surface area (Å²) in [5, 5.41) is 3.03. The number of nitrogens with zero attached hydrogens (tertiary/aromatic N) is 2. The number of carbonyl (C=O) groups excluding carboxylic acids is 1. The van der Waals surface area contributed by atoms with Gasteiger partial charge in [0.2, 0.25) is 5.91 Å². The molecule has 1 unspecified atom stereocenters. The summed E-state index contributed by atoms with van der Waals surface area (Å²) in [6.07, 6.45) is 0.785. The highest BCUT2D eigenvalue weighted by Gasteiger charge is 2.26. The van der Waals surface area contributed by atoms with Crippen molar-refractivity contribution in [1.29, 1.82) is 0 Å². The molecule has 1 aliphatic heterocycles. The van der Waals surface area contributed by atoms with E-state index in [1.165, 1.54) is 6.07 Å². The average Bonchev–Trinajstić information content (AvgIpc) is 3.00. The Labute approximate surface area is 141 Å². The number of amides is 1. The molecule has 0 bridgehead atoms. The summed E-state index contributed by atoms with van der Waals surface area (Å²) in [6, 6.07) is 6.78. The molecule has 1 amide bonds. The van der Waals surface area contributed by atoms with Crippen LogP contribution in [0.3, 0.4) is 0 Å². The number of halogens is 2. The van der Waals surface area contributed by atoms with E-state index in [1.54, 1.807) is 18.2 Å². The Morgan fingerprint density at radius 1 is 1.38 bits per heavy atom. The fourth-order valence-electron chi connectivity index (χ4n) is 2.93. The predicted molar refractivity (Wildman–Crippen MR) is 89.6 cm³/mol. The third kappa shape index (κ3) is 5.06. The average molecular weight is 341 g/mol. The van der Waals surface area contributed by atoms with Gasteiger partial charge in [0, 0.05) is 19.1 Å². The zero-order chi connectivity index (χ0) is 17.5. The minimum absolute atomic E-state index is 0.00247. The van der Waals surface area contributed by atoms with Gasteiger partial charge in [-0.2, -0.15) is 8.78 Å². The molecule has 7 heteroatoms. The molecule has 2 rings (SSSR count). The summed E-state index contributed by atoms with van der Waals surface area (Å²) in [6.45, 7) is 4.53. The lowest BCUT2D eigenvalue weighted by molar-refractivity contribution is -0.122. The van der Waals surface area contributed by atoms with Crippen molar-refractivity contribution in [2.24, 2.45) is 0 Å². The zero-order valence-corrected chi connectivity index (χ0v) is 14.2. The van der Waals surface area contributed by atoms with Crippen molar-refractivity contribution in [3.63, 3.8) is 0 Å². The smallest absolute Gasteiger partial charge is 0.387 e. The summed E-state index contributed by atoms with van der Waals surface area (Å²) >= 11 is 0. The minimum Gasteiger partial charge on any atom is -0.433 e. The van der Waals surface area contributed by atoms with E-state index in [-0.39, 0.29) is 17.7 Å². The van der Waals surface area contributed by atoms with Crippen LogP contribution in [0.4, 0.5) is 14.5 Å². The van der Waals surface area contributed by atoms with Gasteiger partial charge < -0.3 is 15.0 Å². The molecule has 0 saturated carbocycles. The number of likely N-dealkylation sites (N-methyl/N-ethyl adjacent to an activating group) is 1. The number of rotatable bonds is 8. The van der Waals surface area contributed by atoms with Crippen LogP contribution in [-0.2, 0) is 4.79 Å². The summed E-state index contributed by atoms with van der Waals surface area (Å²) < 4.78 is 29.6. The monoisotopic (exact) mass is 341 g/mol. The quantitative estimate of drug-likeness (QED) is 0.788.